The maximum Gasteiger partial charge on any atom is 0.341 e. The van der Waals surface area contributed by atoms with Crippen LogP contribution in [0.25, 0.3) is 0 Å². The molecule has 1 aliphatic heterocycles. The van der Waals surface area contributed by atoms with E-state index in [4.69, 9.17) is 9.47 Å². The Morgan fingerprint density at radius 3 is 2.13 bits per heavy atom. The highest BCUT2D eigenvalue weighted by atomic mass is 16.7. The minimum absolute atomic E-state index is 0.0757. The molecule has 5 aliphatic carbocycles. The first kappa shape index (κ1) is 34.1. The molecule has 0 amide bonds. The smallest absolute Gasteiger partial charge is 0.341 e. The maximum absolute atomic E-state index is 14.4. The van der Waals surface area contributed by atoms with Crippen molar-refractivity contribution in [2.75, 3.05) is 6.61 Å². The Kier molecular flexibility index (Phi) is 8.24. The lowest BCUT2D eigenvalue weighted by Crippen LogP contribution is -2.73. The Bertz CT molecular complexity index is 1160. The summed E-state index contributed by atoms with van der Waals surface area (Å²) in [6.45, 7) is 18.6. The van der Waals surface area contributed by atoms with Gasteiger partial charge in [0.2, 0.25) is 6.29 Å². The zero-order chi connectivity index (χ0) is 33.1. The van der Waals surface area contributed by atoms with E-state index < -0.39 is 54.3 Å². The fourth-order valence-corrected chi connectivity index (χ4v) is 13.3. The topological polar surface area (TPSA) is 137 Å². The van der Waals surface area contributed by atoms with Gasteiger partial charge in [-0.3, -0.25) is 0 Å². The number of ether oxygens (including phenoxy) is 2. The minimum Gasteiger partial charge on any atom is -0.431 e. The van der Waals surface area contributed by atoms with E-state index in [1.165, 1.54) is 25.7 Å². The van der Waals surface area contributed by atoms with E-state index in [2.05, 4.69) is 55.4 Å². The van der Waals surface area contributed by atoms with Crippen LogP contribution in [0.5, 0.6) is 0 Å². The van der Waals surface area contributed by atoms with E-state index in [0.29, 0.717) is 29.6 Å². The van der Waals surface area contributed by atoms with E-state index in [0.717, 1.165) is 31.6 Å². The number of carbonyl (C=O) groups is 1. The lowest BCUT2D eigenvalue weighted by atomic mass is 9.30. The Morgan fingerprint density at radius 2 is 1.47 bits per heavy atom. The molecule has 0 aromatic rings. The third-order valence-corrected chi connectivity index (χ3v) is 16.5. The number of hydrogen-bond donors (Lipinski definition) is 5. The molecular formula is C37H62O8. The number of aliphatic hydroxyl groups is 5. The Labute approximate surface area is 270 Å². The summed E-state index contributed by atoms with van der Waals surface area (Å²) < 4.78 is 11.4. The van der Waals surface area contributed by atoms with Crippen LogP contribution in [0.1, 0.15) is 120 Å². The highest BCUT2D eigenvalue weighted by molar-refractivity contribution is 5.81. The average Bonchev–Trinajstić information content (AvgIpc) is 2.98. The first-order chi connectivity index (χ1) is 20.8. The molecule has 5 saturated carbocycles. The van der Waals surface area contributed by atoms with Crippen LogP contribution in [0.15, 0.2) is 0 Å². The number of rotatable bonds is 3. The summed E-state index contributed by atoms with van der Waals surface area (Å²) in [5.41, 5.74) is -2.30. The van der Waals surface area contributed by atoms with Crippen LogP contribution in [0.3, 0.4) is 0 Å². The summed E-state index contributed by atoms with van der Waals surface area (Å²) >= 11 is 0. The van der Waals surface area contributed by atoms with Crippen LogP contribution >= 0.6 is 0 Å². The van der Waals surface area contributed by atoms with Crippen molar-refractivity contribution in [3.05, 3.63) is 0 Å². The second kappa shape index (κ2) is 10.9. The molecule has 0 bridgehead atoms. The minimum atomic E-state index is -1.82. The van der Waals surface area contributed by atoms with Gasteiger partial charge >= 0.3 is 5.97 Å². The van der Waals surface area contributed by atoms with Crippen molar-refractivity contribution in [2.45, 2.75) is 156 Å². The molecule has 1 saturated heterocycles. The molecule has 8 heteroatoms. The SMILES string of the molecule is C[C@@H]1[C@H]2[C@H]3CC[C@@H]4[C@]5(C)[C@@H](CC[C@@]4(C)[C@]3(C)CC[C@@]2(C)CC[C@H]1C)C(C)(C)CCC5(O)C(=O)O[C@@H]1O[C@H](CO)[C@@H](O)[C@H](O)[C@H]1O. The molecule has 45 heavy (non-hydrogen) atoms. The molecular weight excluding hydrogens is 572 g/mol. The molecule has 6 aliphatic rings. The Morgan fingerprint density at radius 1 is 0.778 bits per heavy atom. The molecule has 6 rings (SSSR count). The quantitative estimate of drug-likeness (QED) is 0.279. The van der Waals surface area contributed by atoms with Gasteiger partial charge in [0.15, 0.2) is 5.60 Å². The van der Waals surface area contributed by atoms with E-state index in [9.17, 15) is 30.3 Å². The van der Waals surface area contributed by atoms with Crippen molar-refractivity contribution in [3.8, 4) is 0 Å². The maximum atomic E-state index is 14.4. The summed E-state index contributed by atoms with van der Waals surface area (Å²) in [6.07, 6.45) is 2.30. The number of hydrogen-bond acceptors (Lipinski definition) is 8. The predicted octanol–water partition coefficient (Wildman–Crippen LogP) is 4.82. The monoisotopic (exact) mass is 634 g/mol. The molecule has 0 spiro atoms. The largest absolute Gasteiger partial charge is 0.431 e. The van der Waals surface area contributed by atoms with Gasteiger partial charge in [-0.1, -0.05) is 55.4 Å². The van der Waals surface area contributed by atoms with E-state index in [1.54, 1.807) is 0 Å². The van der Waals surface area contributed by atoms with Gasteiger partial charge in [0.25, 0.3) is 0 Å². The third-order valence-electron chi connectivity index (χ3n) is 16.5. The number of esters is 1. The zero-order valence-electron chi connectivity index (χ0n) is 29.1. The molecule has 5 N–H and O–H groups in total. The summed E-state index contributed by atoms with van der Waals surface area (Å²) in [5.74, 6) is 2.05. The summed E-state index contributed by atoms with van der Waals surface area (Å²) in [4.78, 5) is 14.4. The summed E-state index contributed by atoms with van der Waals surface area (Å²) in [5, 5.41) is 53.9. The van der Waals surface area contributed by atoms with Crippen molar-refractivity contribution < 1.29 is 39.8 Å². The molecule has 16 atom stereocenters. The van der Waals surface area contributed by atoms with Crippen molar-refractivity contribution in [3.63, 3.8) is 0 Å². The van der Waals surface area contributed by atoms with Crippen molar-refractivity contribution >= 4 is 5.97 Å². The number of carbonyl (C=O) groups excluding carboxylic acids is 1. The molecule has 1 unspecified atom stereocenters. The lowest BCUT2D eigenvalue weighted by molar-refractivity contribution is -0.315. The fraction of sp³-hybridized carbons (Fsp3) is 0.973. The molecule has 258 valence electrons. The summed E-state index contributed by atoms with van der Waals surface area (Å²) in [7, 11) is 0. The second-order valence-electron chi connectivity index (χ2n) is 18.5. The average molecular weight is 635 g/mol. The van der Waals surface area contributed by atoms with Crippen LogP contribution < -0.4 is 0 Å². The Balaban J connectivity index is 1.37. The molecule has 6 fully saturated rings. The normalized spacial score (nSPS) is 57.5. The van der Waals surface area contributed by atoms with Crippen LogP contribution in [-0.2, 0) is 14.3 Å². The van der Waals surface area contributed by atoms with Crippen molar-refractivity contribution in [1.29, 1.82) is 0 Å². The van der Waals surface area contributed by atoms with Gasteiger partial charge in [-0.25, -0.2) is 4.79 Å². The third kappa shape index (κ3) is 4.47. The van der Waals surface area contributed by atoms with Gasteiger partial charge in [-0.2, -0.15) is 0 Å². The van der Waals surface area contributed by atoms with Crippen LogP contribution in [0.2, 0.25) is 0 Å². The van der Waals surface area contributed by atoms with E-state index >= 15 is 0 Å². The lowest BCUT2D eigenvalue weighted by Gasteiger charge is -2.75. The van der Waals surface area contributed by atoms with Gasteiger partial charge in [-0.05, 0) is 121 Å². The van der Waals surface area contributed by atoms with Crippen LogP contribution in [0, 0.1) is 62.6 Å². The highest BCUT2D eigenvalue weighted by Gasteiger charge is 2.75. The van der Waals surface area contributed by atoms with Crippen LogP contribution in [-0.4, -0.2) is 74.4 Å². The van der Waals surface area contributed by atoms with E-state index in [1.807, 2.05) is 0 Å². The molecule has 1 heterocycles. The molecule has 0 aromatic heterocycles. The molecule has 0 radical (unpaired) electrons. The fourth-order valence-electron chi connectivity index (χ4n) is 13.3. The molecule has 8 nitrogen and oxygen atoms in total. The predicted molar refractivity (Wildman–Crippen MR) is 169 cm³/mol. The van der Waals surface area contributed by atoms with Gasteiger partial charge in [0, 0.05) is 5.41 Å². The van der Waals surface area contributed by atoms with Gasteiger partial charge in [0.1, 0.15) is 24.4 Å². The van der Waals surface area contributed by atoms with Gasteiger partial charge < -0.3 is 35.0 Å². The Hall–Kier alpha value is -0.770. The standard InChI is InChI=1S/C37H62O8/c1-20-11-13-33(5)16-17-34(6)22(26(33)21(20)2)9-10-25-35(34,7)14-12-24-32(3,4)15-18-37(43,36(24,25)8)31(42)45-30-29(41)28(40)27(39)23(19-38)44-30/h20-30,38-41,43H,9-19H2,1-8H3/t20-,21+,22-,23-,24+,25+,26+,27-,28+,29-,30+,33-,34-,35-,36+,37?/m1/s1. The van der Waals surface area contributed by atoms with Crippen molar-refractivity contribution in [1.82, 2.24) is 0 Å². The molecule has 0 aromatic carbocycles. The number of fused-ring (bicyclic) bond motifs is 7. The zero-order valence-corrected chi connectivity index (χ0v) is 29.1. The second-order valence-corrected chi connectivity index (χ2v) is 18.5. The summed E-state index contributed by atoms with van der Waals surface area (Å²) in [6, 6.07) is 0. The highest BCUT2D eigenvalue weighted by Crippen LogP contribution is 2.78. The van der Waals surface area contributed by atoms with Crippen molar-refractivity contribution in [2.24, 2.45) is 62.6 Å². The van der Waals surface area contributed by atoms with Gasteiger partial charge in [-0.15, -0.1) is 0 Å². The number of aliphatic hydroxyl groups excluding tert-OH is 4. The van der Waals surface area contributed by atoms with Gasteiger partial charge in [0.05, 0.1) is 6.61 Å². The van der Waals surface area contributed by atoms with E-state index in [-0.39, 0.29) is 34.5 Å². The first-order valence-electron chi connectivity index (χ1n) is 18.1. The van der Waals surface area contributed by atoms with Crippen LogP contribution in [0.4, 0.5) is 0 Å². The first-order valence-corrected chi connectivity index (χ1v) is 18.1.